The molecule has 0 unspecified atom stereocenters. The Bertz CT molecular complexity index is 299. The molecule has 0 N–H and O–H groups in total. The summed E-state index contributed by atoms with van der Waals surface area (Å²) >= 11 is 5.78. The van der Waals surface area contributed by atoms with Crippen LogP contribution in [0.25, 0.3) is 0 Å². The minimum Gasteiger partial charge on any atom is -0.232 e. The van der Waals surface area contributed by atoms with Crippen molar-refractivity contribution in [1.29, 1.82) is 5.26 Å². The Morgan fingerprint density at radius 3 is 2.92 bits per heavy atom. The molecule has 0 spiro atoms. The van der Waals surface area contributed by atoms with Gasteiger partial charge in [-0.15, -0.1) is 5.10 Å². The Hall–Kier alpha value is -1.08. The van der Waals surface area contributed by atoms with Crippen LogP contribution in [0.3, 0.4) is 0 Å². The highest BCUT2D eigenvalue weighted by atomic mass is 35.5. The lowest BCUT2D eigenvalue weighted by molar-refractivity contribution is 0.553. The number of unbranched alkanes of at least 4 members (excludes halogenated alkanes) is 1. The van der Waals surface area contributed by atoms with Crippen LogP contribution in [0.4, 0.5) is 0 Å². The molecule has 0 saturated heterocycles. The molecule has 0 aliphatic rings. The molecule has 1 rings (SSSR count). The van der Waals surface area contributed by atoms with E-state index in [4.69, 9.17) is 16.9 Å². The van der Waals surface area contributed by atoms with E-state index in [1.165, 1.54) is 0 Å². The van der Waals surface area contributed by atoms with Gasteiger partial charge < -0.3 is 0 Å². The normalized spacial score (nSPS) is 9.75. The van der Waals surface area contributed by atoms with Crippen molar-refractivity contribution in [2.75, 3.05) is 0 Å². The van der Waals surface area contributed by atoms with E-state index in [1.807, 2.05) is 6.07 Å². The van der Waals surface area contributed by atoms with Gasteiger partial charge in [-0.25, -0.2) is 4.68 Å². The van der Waals surface area contributed by atoms with Gasteiger partial charge in [0.25, 0.3) is 0 Å². The zero-order valence-electron chi connectivity index (χ0n) is 6.79. The van der Waals surface area contributed by atoms with Gasteiger partial charge in [-0.3, -0.25) is 0 Å². The maximum Gasteiger partial charge on any atom is 0.201 e. The van der Waals surface area contributed by atoms with Gasteiger partial charge in [0, 0.05) is 6.54 Å². The molecule has 0 saturated carbocycles. The molecule has 64 valence electrons. The molecule has 12 heavy (non-hydrogen) atoms. The molecule has 0 atom stereocenters. The highest BCUT2D eigenvalue weighted by Gasteiger charge is 2.08. The Morgan fingerprint density at radius 2 is 2.42 bits per heavy atom. The predicted octanol–water partition coefficient (Wildman–Crippen LogP) is 1.60. The van der Waals surface area contributed by atoms with Crippen LogP contribution < -0.4 is 0 Å². The first-order valence-electron chi connectivity index (χ1n) is 3.78. The number of aromatic nitrogens is 3. The van der Waals surface area contributed by atoms with Crippen LogP contribution >= 0.6 is 11.6 Å². The molecule has 0 amide bonds. The summed E-state index contributed by atoms with van der Waals surface area (Å²) in [5.74, 6) is 0. The molecule has 1 heterocycles. The average molecular weight is 185 g/mol. The number of halogens is 1. The molecule has 4 nitrogen and oxygen atoms in total. The van der Waals surface area contributed by atoms with Crippen LogP contribution in [0.5, 0.6) is 0 Å². The molecule has 0 radical (unpaired) electrons. The van der Waals surface area contributed by atoms with Gasteiger partial charge in [0.05, 0.1) is 0 Å². The third kappa shape index (κ3) is 1.74. The number of hydrogen-bond donors (Lipinski definition) is 0. The van der Waals surface area contributed by atoms with Crippen LogP contribution in [-0.2, 0) is 6.54 Å². The molecule has 5 heteroatoms. The first kappa shape index (κ1) is 9.01. The monoisotopic (exact) mass is 184 g/mol. The lowest BCUT2D eigenvalue weighted by Gasteiger charge is -1.97. The number of nitriles is 1. The van der Waals surface area contributed by atoms with Crippen molar-refractivity contribution in [3.63, 3.8) is 0 Å². The summed E-state index contributed by atoms with van der Waals surface area (Å²) in [5.41, 5.74) is 0.202. The maximum absolute atomic E-state index is 8.51. The third-order valence-electron chi connectivity index (χ3n) is 1.50. The Morgan fingerprint density at radius 1 is 1.67 bits per heavy atom. The van der Waals surface area contributed by atoms with E-state index >= 15 is 0 Å². The number of nitrogens with zero attached hydrogens (tertiary/aromatic N) is 4. The minimum atomic E-state index is 0.202. The molecule has 0 fully saturated rings. The SMILES string of the molecule is CCCCn1nnc(C#N)c1Cl. The van der Waals surface area contributed by atoms with Crippen molar-refractivity contribution in [2.24, 2.45) is 0 Å². The van der Waals surface area contributed by atoms with Crippen molar-refractivity contribution >= 4 is 11.6 Å². The van der Waals surface area contributed by atoms with Crippen LogP contribution in [0.15, 0.2) is 0 Å². The molecule has 1 aromatic rings. The highest BCUT2D eigenvalue weighted by molar-refractivity contribution is 6.30. The molecule has 0 aromatic carbocycles. The summed E-state index contributed by atoms with van der Waals surface area (Å²) < 4.78 is 1.55. The second kappa shape index (κ2) is 4.07. The van der Waals surface area contributed by atoms with E-state index < -0.39 is 0 Å². The first-order chi connectivity index (χ1) is 5.79. The third-order valence-corrected chi connectivity index (χ3v) is 1.88. The minimum absolute atomic E-state index is 0.202. The number of hydrogen-bond acceptors (Lipinski definition) is 3. The fourth-order valence-corrected chi connectivity index (χ4v) is 1.02. The van der Waals surface area contributed by atoms with E-state index in [2.05, 4.69) is 17.2 Å². The number of rotatable bonds is 3. The van der Waals surface area contributed by atoms with Crippen molar-refractivity contribution in [3.05, 3.63) is 10.8 Å². The lowest BCUT2D eigenvalue weighted by atomic mass is 10.3. The molecule has 0 bridgehead atoms. The Labute approximate surface area is 75.7 Å². The topological polar surface area (TPSA) is 54.5 Å². The summed E-state index contributed by atoms with van der Waals surface area (Å²) in [6.45, 7) is 2.81. The van der Waals surface area contributed by atoms with Crippen LogP contribution in [0.2, 0.25) is 5.15 Å². The van der Waals surface area contributed by atoms with Crippen molar-refractivity contribution in [1.82, 2.24) is 15.0 Å². The average Bonchev–Trinajstić information content (AvgIpc) is 2.43. The Kier molecular flexibility index (Phi) is 3.06. The van der Waals surface area contributed by atoms with Crippen molar-refractivity contribution < 1.29 is 0 Å². The summed E-state index contributed by atoms with van der Waals surface area (Å²) in [5, 5.41) is 16.2. The standard InChI is InChI=1S/C7H9ClN4/c1-2-3-4-12-7(8)6(5-9)10-11-12/h2-4H2,1H3. The summed E-state index contributed by atoms with van der Waals surface area (Å²) in [6, 6.07) is 1.87. The molecule has 0 aliphatic heterocycles. The summed E-state index contributed by atoms with van der Waals surface area (Å²) in [6.07, 6.45) is 2.06. The molecular formula is C7H9ClN4. The zero-order chi connectivity index (χ0) is 8.97. The highest BCUT2D eigenvalue weighted by Crippen LogP contribution is 2.11. The van der Waals surface area contributed by atoms with Crippen molar-refractivity contribution in [3.8, 4) is 6.07 Å². The summed E-state index contributed by atoms with van der Waals surface area (Å²) in [7, 11) is 0. The molecular weight excluding hydrogens is 176 g/mol. The second-order valence-electron chi connectivity index (χ2n) is 2.42. The summed E-state index contributed by atoms with van der Waals surface area (Å²) in [4.78, 5) is 0. The second-order valence-corrected chi connectivity index (χ2v) is 2.78. The van der Waals surface area contributed by atoms with Gasteiger partial charge >= 0.3 is 0 Å². The zero-order valence-corrected chi connectivity index (χ0v) is 7.54. The molecule has 0 aliphatic carbocycles. The maximum atomic E-state index is 8.51. The van der Waals surface area contributed by atoms with Gasteiger partial charge in [0.15, 0.2) is 5.15 Å². The number of aryl methyl sites for hydroxylation is 1. The Balaban J connectivity index is 2.75. The quantitative estimate of drug-likeness (QED) is 0.717. The van der Waals surface area contributed by atoms with Crippen LogP contribution in [0.1, 0.15) is 25.5 Å². The first-order valence-corrected chi connectivity index (χ1v) is 4.16. The fraction of sp³-hybridized carbons (Fsp3) is 0.571. The molecule has 1 aromatic heterocycles. The van der Waals surface area contributed by atoms with E-state index in [0.29, 0.717) is 5.15 Å². The van der Waals surface area contributed by atoms with Gasteiger partial charge in [-0.05, 0) is 6.42 Å². The predicted molar refractivity (Wildman–Crippen MR) is 44.7 cm³/mol. The van der Waals surface area contributed by atoms with E-state index in [9.17, 15) is 0 Å². The van der Waals surface area contributed by atoms with E-state index in [1.54, 1.807) is 4.68 Å². The van der Waals surface area contributed by atoms with Crippen LogP contribution in [-0.4, -0.2) is 15.0 Å². The fourth-order valence-electron chi connectivity index (χ4n) is 0.821. The lowest BCUT2D eigenvalue weighted by Crippen LogP contribution is -1.99. The van der Waals surface area contributed by atoms with Crippen LogP contribution in [0, 0.1) is 11.3 Å². The van der Waals surface area contributed by atoms with E-state index in [0.717, 1.165) is 19.4 Å². The van der Waals surface area contributed by atoms with E-state index in [-0.39, 0.29) is 5.69 Å². The van der Waals surface area contributed by atoms with Crippen molar-refractivity contribution in [2.45, 2.75) is 26.3 Å². The smallest absolute Gasteiger partial charge is 0.201 e. The van der Waals surface area contributed by atoms with Gasteiger partial charge in [-0.2, -0.15) is 5.26 Å². The van der Waals surface area contributed by atoms with Gasteiger partial charge in [0.1, 0.15) is 6.07 Å². The van der Waals surface area contributed by atoms with Gasteiger partial charge in [0.2, 0.25) is 5.69 Å². The largest absolute Gasteiger partial charge is 0.232 e. The van der Waals surface area contributed by atoms with Gasteiger partial charge in [-0.1, -0.05) is 30.2 Å².